The molecule has 0 fully saturated rings. The number of hydrogen-bond acceptors (Lipinski definition) is 2. The predicted octanol–water partition coefficient (Wildman–Crippen LogP) is 4.28. The molecule has 0 saturated carbocycles. The van der Waals surface area contributed by atoms with Gasteiger partial charge in [-0.05, 0) is 30.3 Å². The highest BCUT2D eigenvalue weighted by molar-refractivity contribution is 6.31. The Labute approximate surface area is 125 Å². The van der Waals surface area contributed by atoms with Gasteiger partial charge in [-0.3, -0.25) is 9.78 Å². The van der Waals surface area contributed by atoms with Gasteiger partial charge in [0.15, 0.2) is 0 Å². The molecule has 0 saturated heterocycles. The Morgan fingerprint density at radius 2 is 2.05 bits per heavy atom. The van der Waals surface area contributed by atoms with E-state index in [1.807, 2.05) is 6.07 Å². The molecule has 3 nitrogen and oxygen atoms in total. The molecule has 1 aromatic heterocycles. The summed E-state index contributed by atoms with van der Waals surface area (Å²) >= 11 is 5.80. The Hall–Kier alpha value is -2.46. The highest BCUT2D eigenvalue weighted by atomic mass is 35.5. The van der Waals surface area contributed by atoms with Crippen molar-refractivity contribution >= 4 is 34.0 Å². The molecule has 0 atom stereocenters. The van der Waals surface area contributed by atoms with Gasteiger partial charge in [0.05, 0.1) is 5.56 Å². The first kappa shape index (κ1) is 13.5. The summed E-state index contributed by atoms with van der Waals surface area (Å²) in [5, 5.41) is 4.74. The Morgan fingerprint density at radius 3 is 2.90 bits per heavy atom. The third kappa shape index (κ3) is 2.71. The number of nitrogens with zero attached hydrogens (tertiary/aromatic N) is 1. The van der Waals surface area contributed by atoms with E-state index in [9.17, 15) is 9.18 Å². The summed E-state index contributed by atoms with van der Waals surface area (Å²) in [6, 6.07) is 11.1. The van der Waals surface area contributed by atoms with Gasteiger partial charge < -0.3 is 5.32 Å². The minimum atomic E-state index is -0.612. The summed E-state index contributed by atoms with van der Waals surface area (Å²) in [5.41, 5.74) is 0.507. The van der Waals surface area contributed by atoms with Gasteiger partial charge in [0.1, 0.15) is 5.82 Å². The molecule has 0 bridgehead atoms. The van der Waals surface area contributed by atoms with E-state index in [0.717, 1.165) is 10.8 Å². The van der Waals surface area contributed by atoms with E-state index < -0.39 is 11.7 Å². The molecule has 1 heterocycles. The highest BCUT2D eigenvalue weighted by Crippen LogP contribution is 2.23. The van der Waals surface area contributed by atoms with Crippen LogP contribution in [0.3, 0.4) is 0 Å². The van der Waals surface area contributed by atoms with Gasteiger partial charge in [0, 0.05) is 33.9 Å². The van der Waals surface area contributed by atoms with Gasteiger partial charge >= 0.3 is 0 Å². The number of aromatic nitrogens is 1. The zero-order chi connectivity index (χ0) is 14.8. The van der Waals surface area contributed by atoms with Crippen LogP contribution in [0, 0.1) is 5.82 Å². The lowest BCUT2D eigenvalue weighted by atomic mass is 10.1. The van der Waals surface area contributed by atoms with Crippen molar-refractivity contribution in [1.29, 1.82) is 0 Å². The normalized spacial score (nSPS) is 10.6. The average Bonchev–Trinajstić information content (AvgIpc) is 2.50. The number of hydrogen-bond donors (Lipinski definition) is 1. The molecule has 3 rings (SSSR count). The number of amides is 1. The fourth-order valence-corrected chi connectivity index (χ4v) is 2.26. The largest absolute Gasteiger partial charge is 0.321 e. The van der Waals surface area contributed by atoms with Crippen LogP contribution in [0.2, 0.25) is 5.02 Å². The van der Waals surface area contributed by atoms with Crippen LogP contribution in [-0.4, -0.2) is 10.9 Å². The highest BCUT2D eigenvalue weighted by Gasteiger charge is 2.13. The van der Waals surface area contributed by atoms with E-state index in [0.29, 0.717) is 10.7 Å². The van der Waals surface area contributed by atoms with Crippen molar-refractivity contribution in [3.63, 3.8) is 0 Å². The third-order valence-electron chi connectivity index (χ3n) is 3.10. The van der Waals surface area contributed by atoms with E-state index in [-0.39, 0.29) is 5.56 Å². The second-order valence-corrected chi connectivity index (χ2v) is 4.92. The molecule has 1 amide bonds. The second kappa shape index (κ2) is 5.50. The molecular formula is C16H10ClFN2O. The number of pyridine rings is 1. The third-order valence-corrected chi connectivity index (χ3v) is 3.34. The minimum Gasteiger partial charge on any atom is -0.321 e. The molecular weight excluding hydrogens is 291 g/mol. The van der Waals surface area contributed by atoms with Crippen LogP contribution in [0.1, 0.15) is 10.4 Å². The van der Waals surface area contributed by atoms with Gasteiger partial charge in [0.25, 0.3) is 5.91 Å². The fraction of sp³-hybridized carbons (Fsp3) is 0. The van der Waals surface area contributed by atoms with Crippen molar-refractivity contribution in [3.05, 3.63) is 71.3 Å². The van der Waals surface area contributed by atoms with Crippen LogP contribution in [0.4, 0.5) is 10.1 Å². The molecule has 0 unspecified atom stereocenters. The number of fused-ring (bicyclic) bond motifs is 1. The first-order chi connectivity index (χ1) is 10.1. The lowest BCUT2D eigenvalue weighted by Gasteiger charge is -2.09. The van der Waals surface area contributed by atoms with Crippen LogP contribution in [0.5, 0.6) is 0 Å². The Morgan fingerprint density at radius 1 is 1.19 bits per heavy atom. The first-order valence-corrected chi connectivity index (χ1v) is 6.62. The van der Waals surface area contributed by atoms with E-state index in [2.05, 4.69) is 10.3 Å². The summed E-state index contributed by atoms with van der Waals surface area (Å²) in [6.45, 7) is 0. The molecule has 1 N–H and O–H groups in total. The van der Waals surface area contributed by atoms with Crippen LogP contribution in [-0.2, 0) is 0 Å². The molecule has 0 aliphatic heterocycles. The zero-order valence-electron chi connectivity index (χ0n) is 10.8. The topological polar surface area (TPSA) is 42.0 Å². The molecule has 0 radical (unpaired) electrons. The SMILES string of the molecule is O=C(Nc1cccc2cnccc12)c1cc(Cl)ccc1F. The molecule has 5 heteroatoms. The summed E-state index contributed by atoms with van der Waals surface area (Å²) in [5.74, 6) is -1.15. The smallest absolute Gasteiger partial charge is 0.258 e. The number of nitrogens with one attached hydrogen (secondary N) is 1. The number of carbonyl (C=O) groups is 1. The number of halogens is 2. The van der Waals surface area contributed by atoms with Crippen LogP contribution in [0.25, 0.3) is 10.8 Å². The number of anilines is 1. The number of carbonyl (C=O) groups excluding carboxylic acids is 1. The predicted molar refractivity (Wildman–Crippen MR) is 81.1 cm³/mol. The standard InChI is InChI=1S/C16H10ClFN2O/c17-11-4-5-14(18)13(8-11)16(21)20-15-3-1-2-10-9-19-7-6-12(10)15/h1-9H,(H,20,21). The summed E-state index contributed by atoms with van der Waals surface area (Å²) < 4.78 is 13.7. The van der Waals surface area contributed by atoms with E-state index >= 15 is 0 Å². The maximum absolute atomic E-state index is 13.7. The van der Waals surface area contributed by atoms with Gasteiger partial charge in [0.2, 0.25) is 0 Å². The van der Waals surface area contributed by atoms with Crippen LogP contribution >= 0.6 is 11.6 Å². The average molecular weight is 301 g/mol. The summed E-state index contributed by atoms with van der Waals surface area (Å²) in [6.07, 6.45) is 3.34. The minimum absolute atomic E-state index is 0.0893. The molecule has 0 aliphatic rings. The van der Waals surface area contributed by atoms with Gasteiger partial charge in [-0.15, -0.1) is 0 Å². The molecule has 2 aromatic carbocycles. The molecule has 3 aromatic rings. The monoisotopic (exact) mass is 300 g/mol. The van der Waals surface area contributed by atoms with Crippen molar-refractivity contribution < 1.29 is 9.18 Å². The fourth-order valence-electron chi connectivity index (χ4n) is 2.09. The quantitative estimate of drug-likeness (QED) is 0.767. The van der Waals surface area contributed by atoms with Crippen LogP contribution < -0.4 is 5.32 Å². The lowest BCUT2D eigenvalue weighted by Crippen LogP contribution is -2.14. The zero-order valence-corrected chi connectivity index (χ0v) is 11.6. The molecule has 0 aliphatic carbocycles. The van der Waals surface area contributed by atoms with Crippen molar-refractivity contribution in [2.45, 2.75) is 0 Å². The Balaban J connectivity index is 1.99. The lowest BCUT2D eigenvalue weighted by molar-refractivity contribution is 0.102. The first-order valence-electron chi connectivity index (χ1n) is 6.24. The van der Waals surface area contributed by atoms with Gasteiger partial charge in [-0.1, -0.05) is 23.7 Å². The van der Waals surface area contributed by atoms with E-state index in [1.165, 1.54) is 18.2 Å². The van der Waals surface area contributed by atoms with E-state index in [1.54, 1.807) is 30.6 Å². The number of benzene rings is 2. The molecule has 104 valence electrons. The van der Waals surface area contributed by atoms with Crippen molar-refractivity contribution in [2.24, 2.45) is 0 Å². The second-order valence-electron chi connectivity index (χ2n) is 4.48. The Bertz CT molecular complexity index is 830. The van der Waals surface area contributed by atoms with Crippen molar-refractivity contribution in [3.8, 4) is 0 Å². The maximum atomic E-state index is 13.7. The molecule has 21 heavy (non-hydrogen) atoms. The van der Waals surface area contributed by atoms with Gasteiger partial charge in [-0.25, -0.2) is 4.39 Å². The van der Waals surface area contributed by atoms with E-state index in [4.69, 9.17) is 11.6 Å². The van der Waals surface area contributed by atoms with Crippen LogP contribution in [0.15, 0.2) is 54.9 Å². The number of rotatable bonds is 2. The maximum Gasteiger partial charge on any atom is 0.258 e. The summed E-state index contributed by atoms with van der Waals surface area (Å²) in [4.78, 5) is 16.2. The Kier molecular flexibility index (Phi) is 3.54. The summed E-state index contributed by atoms with van der Waals surface area (Å²) in [7, 11) is 0. The molecule has 0 spiro atoms. The van der Waals surface area contributed by atoms with Crippen molar-refractivity contribution in [1.82, 2.24) is 4.98 Å². The van der Waals surface area contributed by atoms with Gasteiger partial charge in [-0.2, -0.15) is 0 Å². The van der Waals surface area contributed by atoms with Crippen molar-refractivity contribution in [2.75, 3.05) is 5.32 Å².